The van der Waals surface area contributed by atoms with Gasteiger partial charge in [0.25, 0.3) is 0 Å². The highest BCUT2D eigenvalue weighted by Gasteiger charge is 2.18. The Morgan fingerprint density at radius 1 is 1.15 bits per heavy atom. The number of aryl methyl sites for hydroxylation is 1. The molecule has 1 amide bonds. The van der Waals surface area contributed by atoms with Crippen LogP contribution in [0.2, 0.25) is 5.02 Å². The van der Waals surface area contributed by atoms with Gasteiger partial charge < -0.3 is 5.32 Å². The highest BCUT2D eigenvalue weighted by atomic mass is 35.5. The summed E-state index contributed by atoms with van der Waals surface area (Å²) in [5, 5.41) is 7.68. The van der Waals surface area contributed by atoms with Gasteiger partial charge in [-0.25, -0.2) is 4.98 Å². The van der Waals surface area contributed by atoms with Crippen LogP contribution in [0, 0.1) is 0 Å². The minimum Gasteiger partial charge on any atom is -0.356 e. The Bertz CT molecular complexity index is 863. The summed E-state index contributed by atoms with van der Waals surface area (Å²) >= 11 is 6.15. The standard InChI is InChI=1S/C20H21ClN4O/c1-25-19(23-14-24-25)10-11-22-20(26)13-18(15-6-3-2-4-7-15)16-8-5-9-17(21)12-16/h2-9,12,14,18H,10-11,13H2,1H3,(H,22,26)/t18-/m1/s1. The maximum Gasteiger partial charge on any atom is 0.220 e. The lowest BCUT2D eigenvalue weighted by Gasteiger charge is -2.18. The number of halogens is 1. The van der Waals surface area contributed by atoms with Crippen molar-refractivity contribution in [2.24, 2.45) is 7.05 Å². The molecule has 0 saturated heterocycles. The summed E-state index contributed by atoms with van der Waals surface area (Å²) < 4.78 is 1.71. The second-order valence-electron chi connectivity index (χ2n) is 6.12. The van der Waals surface area contributed by atoms with E-state index >= 15 is 0 Å². The largest absolute Gasteiger partial charge is 0.356 e. The topological polar surface area (TPSA) is 59.8 Å². The zero-order valence-electron chi connectivity index (χ0n) is 14.6. The Hall–Kier alpha value is -2.66. The molecule has 0 saturated carbocycles. The van der Waals surface area contributed by atoms with E-state index in [9.17, 15) is 4.79 Å². The fourth-order valence-corrected chi connectivity index (χ4v) is 3.15. The number of hydrogen-bond acceptors (Lipinski definition) is 3. The van der Waals surface area contributed by atoms with Gasteiger partial charge in [-0.15, -0.1) is 0 Å². The lowest BCUT2D eigenvalue weighted by molar-refractivity contribution is -0.121. The first-order chi connectivity index (χ1) is 12.6. The van der Waals surface area contributed by atoms with E-state index in [1.165, 1.54) is 6.33 Å². The highest BCUT2D eigenvalue weighted by Crippen LogP contribution is 2.29. The molecular weight excluding hydrogens is 348 g/mol. The number of aromatic nitrogens is 3. The van der Waals surface area contributed by atoms with Crippen LogP contribution in [-0.4, -0.2) is 27.2 Å². The molecule has 0 bridgehead atoms. The van der Waals surface area contributed by atoms with Crippen molar-refractivity contribution in [3.8, 4) is 0 Å². The Morgan fingerprint density at radius 2 is 1.92 bits per heavy atom. The van der Waals surface area contributed by atoms with Crippen molar-refractivity contribution in [3.63, 3.8) is 0 Å². The number of hydrogen-bond donors (Lipinski definition) is 1. The number of nitrogens with one attached hydrogen (secondary N) is 1. The van der Waals surface area contributed by atoms with Gasteiger partial charge in [-0.1, -0.05) is 54.1 Å². The Labute approximate surface area is 158 Å². The van der Waals surface area contributed by atoms with Crippen LogP contribution in [-0.2, 0) is 18.3 Å². The molecule has 0 radical (unpaired) electrons. The molecule has 6 heteroatoms. The summed E-state index contributed by atoms with van der Waals surface area (Å²) in [6.45, 7) is 0.530. The molecule has 5 nitrogen and oxygen atoms in total. The second kappa shape index (κ2) is 8.63. The van der Waals surface area contributed by atoms with Crippen LogP contribution in [0.25, 0.3) is 0 Å². The zero-order chi connectivity index (χ0) is 18.4. The minimum absolute atomic E-state index is 0.000923. The van der Waals surface area contributed by atoms with Gasteiger partial charge in [-0.2, -0.15) is 5.10 Å². The first kappa shape index (κ1) is 18.1. The molecule has 0 aliphatic heterocycles. The van der Waals surface area contributed by atoms with E-state index in [2.05, 4.69) is 15.4 Å². The van der Waals surface area contributed by atoms with Crippen LogP contribution >= 0.6 is 11.6 Å². The molecule has 0 aliphatic rings. The second-order valence-corrected chi connectivity index (χ2v) is 6.56. The van der Waals surface area contributed by atoms with E-state index in [4.69, 9.17) is 11.6 Å². The lowest BCUT2D eigenvalue weighted by atomic mass is 9.88. The molecule has 0 aliphatic carbocycles. The molecule has 0 unspecified atom stereocenters. The van der Waals surface area contributed by atoms with Crippen molar-refractivity contribution < 1.29 is 4.79 Å². The van der Waals surface area contributed by atoms with Gasteiger partial charge >= 0.3 is 0 Å². The number of benzene rings is 2. The van der Waals surface area contributed by atoms with Crippen LogP contribution in [0.15, 0.2) is 60.9 Å². The van der Waals surface area contributed by atoms with Gasteiger partial charge in [0.15, 0.2) is 0 Å². The summed E-state index contributed by atoms with van der Waals surface area (Å²) in [4.78, 5) is 16.7. The minimum atomic E-state index is -0.0373. The molecule has 2 aromatic carbocycles. The number of carbonyl (C=O) groups is 1. The van der Waals surface area contributed by atoms with Gasteiger partial charge in [-0.05, 0) is 23.3 Å². The molecule has 1 atom stereocenters. The molecule has 3 rings (SSSR count). The van der Waals surface area contributed by atoms with E-state index in [1.54, 1.807) is 4.68 Å². The molecular formula is C20H21ClN4O. The molecule has 1 N–H and O–H groups in total. The number of rotatable bonds is 7. The molecule has 26 heavy (non-hydrogen) atoms. The summed E-state index contributed by atoms with van der Waals surface area (Å²) in [5.41, 5.74) is 2.13. The predicted octanol–water partition coefficient (Wildman–Crippen LogP) is 3.35. The first-order valence-electron chi connectivity index (χ1n) is 8.53. The fourth-order valence-electron chi connectivity index (χ4n) is 2.95. The van der Waals surface area contributed by atoms with E-state index < -0.39 is 0 Å². The van der Waals surface area contributed by atoms with Crippen LogP contribution in [0.5, 0.6) is 0 Å². The summed E-state index contributed by atoms with van der Waals surface area (Å²) in [5.74, 6) is 0.811. The Morgan fingerprint density at radius 3 is 2.62 bits per heavy atom. The first-order valence-corrected chi connectivity index (χ1v) is 8.91. The van der Waals surface area contributed by atoms with Gasteiger partial charge in [0.05, 0.1) is 0 Å². The fraction of sp³-hybridized carbons (Fsp3) is 0.250. The average Bonchev–Trinajstić information content (AvgIpc) is 3.05. The van der Waals surface area contributed by atoms with Gasteiger partial charge in [0, 0.05) is 37.4 Å². The predicted molar refractivity (Wildman–Crippen MR) is 102 cm³/mol. The van der Waals surface area contributed by atoms with Crippen molar-refractivity contribution in [1.29, 1.82) is 0 Å². The Kier molecular flexibility index (Phi) is 6.02. The number of amides is 1. The van der Waals surface area contributed by atoms with Crippen molar-refractivity contribution in [2.75, 3.05) is 6.54 Å². The lowest BCUT2D eigenvalue weighted by Crippen LogP contribution is -2.28. The molecule has 134 valence electrons. The maximum absolute atomic E-state index is 12.5. The van der Waals surface area contributed by atoms with Crippen LogP contribution in [0.3, 0.4) is 0 Å². The zero-order valence-corrected chi connectivity index (χ0v) is 15.4. The SMILES string of the molecule is Cn1ncnc1CCNC(=O)C[C@H](c1ccccc1)c1cccc(Cl)c1. The van der Waals surface area contributed by atoms with Crippen LogP contribution in [0.4, 0.5) is 0 Å². The molecule has 0 fully saturated rings. The Balaban J connectivity index is 1.67. The third-order valence-corrected chi connectivity index (χ3v) is 4.55. The quantitative estimate of drug-likeness (QED) is 0.695. The van der Waals surface area contributed by atoms with E-state index in [0.29, 0.717) is 24.4 Å². The van der Waals surface area contributed by atoms with Crippen molar-refractivity contribution in [1.82, 2.24) is 20.1 Å². The van der Waals surface area contributed by atoms with Crippen molar-refractivity contribution in [3.05, 3.63) is 82.9 Å². The van der Waals surface area contributed by atoms with E-state index in [0.717, 1.165) is 17.0 Å². The van der Waals surface area contributed by atoms with Gasteiger partial charge in [-0.3, -0.25) is 9.48 Å². The van der Waals surface area contributed by atoms with Crippen molar-refractivity contribution in [2.45, 2.75) is 18.8 Å². The normalized spacial score (nSPS) is 11.9. The summed E-state index contributed by atoms with van der Waals surface area (Å²) in [7, 11) is 1.84. The molecule has 1 heterocycles. The van der Waals surface area contributed by atoms with E-state index in [-0.39, 0.29) is 11.8 Å². The monoisotopic (exact) mass is 368 g/mol. The molecule has 1 aromatic heterocycles. The smallest absolute Gasteiger partial charge is 0.220 e. The summed E-state index contributed by atoms with van der Waals surface area (Å²) in [6, 6.07) is 17.7. The van der Waals surface area contributed by atoms with E-state index in [1.807, 2.05) is 61.6 Å². The molecule has 0 spiro atoms. The highest BCUT2D eigenvalue weighted by molar-refractivity contribution is 6.30. The molecule has 3 aromatic rings. The average molecular weight is 369 g/mol. The number of nitrogens with zero attached hydrogens (tertiary/aromatic N) is 3. The van der Waals surface area contributed by atoms with Crippen LogP contribution in [0.1, 0.15) is 29.3 Å². The number of carbonyl (C=O) groups excluding carboxylic acids is 1. The third-order valence-electron chi connectivity index (χ3n) is 4.32. The summed E-state index contributed by atoms with van der Waals surface area (Å²) in [6.07, 6.45) is 2.53. The van der Waals surface area contributed by atoms with Crippen molar-refractivity contribution >= 4 is 17.5 Å². The third kappa shape index (κ3) is 4.70. The van der Waals surface area contributed by atoms with Crippen LogP contribution < -0.4 is 5.32 Å². The van der Waals surface area contributed by atoms with Gasteiger partial charge in [0.2, 0.25) is 5.91 Å². The maximum atomic E-state index is 12.5. The van der Waals surface area contributed by atoms with Gasteiger partial charge in [0.1, 0.15) is 12.2 Å².